The average Bonchev–Trinajstić information content (AvgIpc) is 2.73. The van der Waals surface area contributed by atoms with Crippen molar-refractivity contribution in [2.75, 3.05) is 0 Å². The molecule has 2 aromatic carbocycles. The molecular formula is C27H36O. The number of terminal acetylenes is 1. The van der Waals surface area contributed by atoms with Gasteiger partial charge in [-0.2, -0.15) is 0 Å². The summed E-state index contributed by atoms with van der Waals surface area (Å²) in [5.74, 6) is 2.94. The Bertz CT molecular complexity index is 726. The van der Waals surface area contributed by atoms with Gasteiger partial charge in [0.15, 0.2) is 5.60 Å². The van der Waals surface area contributed by atoms with Crippen molar-refractivity contribution in [2.24, 2.45) is 0 Å². The first-order valence-electron chi connectivity index (χ1n) is 10.7. The Morgan fingerprint density at radius 1 is 0.821 bits per heavy atom. The summed E-state index contributed by atoms with van der Waals surface area (Å²) in [5.41, 5.74) is 1.47. The number of unbranched alkanes of at least 4 members (excludes halogenated alkanes) is 4. The van der Waals surface area contributed by atoms with Crippen LogP contribution < -0.4 is 0 Å². The summed E-state index contributed by atoms with van der Waals surface area (Å²) in [7, 11) is 0. The predicted molar refractivity (Wildman–Crippen MR) is 120 cm³/mol. The third-order valence-electron chi connectivity index (χ3n) is 5.87. The Kier molecular flexibility index (Phi) is 8.34. The molecule has 0 fully saturated rings. The Hall–Kier alpha value is -2.04. The summed E-state index contributed by atoms with van der Waals surface area (Å²) < 4.78 is 6.76. The van der Waals surface area contributed by atoms with Gasteiger partial charge in [0.05, 0.1) is 6.10 Å². The molecule has 0 N–H and O–H groups in total. The van der Waals surface area contributed by atoms with Crippen LogP contribution >= 0.6 is 0 Å². The van der Waals surface area contributed by atoms with Crippen LogP contribution in [-0.4, -0.2) is 6.10 Å². The molecule has 0 bridgehead atoms. The van der Waals surface area contributed by atoms with Crippen molar-refractivity contribution in [3.8, 4) is 12.3 Å². The van der Waals surface area contributed by atoms with Gasteiger partial charge in [-0.3, -0.25) is 0 Å². The highest BCUT2D eigenvalue weighted by molar-refractivity contribution is 5.31. The van der Waals surface area contributed by atoms with Crippen LogP contribution in [0.25, 0.3) is 0 Å². The Morgan fingerprint density at radius 3 is 1.89 bits per heavy atom. The summed E-state index contributed by atoms with van der Waals surface area (Å²) >= 11 is 0. The van der Waals surface area contributed by atoms with Crippen LogP contribution in [0, 0.1) is 12.3 Å². The molecule has 0 aliphatic heterocycles. The number of hydrogen-bond donors (Lipinski definition) is 0. The summed E-state index contributed by atoms with van der Waals surface area (Å²) in [6.07, 6.45) is 13.3. The van der Waals surface area contributed by atoms with E-state index in [0.29, 0.717) is 0 Å². The van der Waals surface area contributed by atoms with E-state index < -0.39 is 5.60 Å². The van der Waals surface area contributed by atoms with E-state index in [2.05, 4.69) is 69.2 Å². The molecule has 2 unspecified atom stereocenters. The highest BCUT2D eigenvalue weighted by Gasteiger charge is 2.37. The molecule has 1 nitrogen and oxygen atoms in total. The van der Waals surface area contributed by atoms with Gasteiger partial charge in [0.25, 0.3) is 0 Å². The molecule has 0 aliphatic rings. The fourth-order valence-electron chi connectivity index (χ4n) is 3.78. The first-order chi connectivity index (χ1) is 13.4. The predicted octanol–water partition coefficient (Wildman–Crippen LogP) is 7.26. The SMILES string of the molecule is C#CC(C)(OC(CCCCCCC)C(C)(C)c1ccccc1)c1ccccc1. The topological polar surface area (TPSA) is 9.23 Å². The van der Waals surface area contributed by atoms with E-state index >= 15 is 0 Å². The molecule has 1 heteroatoms. The number of rotatable bonds is 11. The van der Waals surface area contributed by atoms with Crippen molar-refractivity contribution in [2.45, 2.75) is 83.3 Å². The lowest BCUT2D eigenvalue weighted by atomic mass is 9.77. The summed E-state index contributed by atoms with van der Waals surface area (Å²) in [5, 5.41) is 0. The minimum Gasteiger partial charge on any atom is -0.354 e. The Morgan fingerprint density at radius 2 is 1.36 bits per heavy atom. The van der Waals surface area contributed by atoms with E-state index in [4.69, 9.17) is 11.2 Å². The van der Waals surface area contributed by atoms with E-state index in [0.717, 1.165) is 18.4 Å². The van der Waals surface area contributed by atoms with Gasteiger partial charge in [-0.25, -0.2) is 0 Å². The van der Waals surface area contributed by atoms with Gasteiger partial charge in [0, 0.05) is 5.41 Å². The molecule has 0 aromatic heterocycles. The van der Waals surface area contributed by atoms with Gasteiger partial charge in [-0.05, 0) is 24.5 Å². The maximum absolute atomic E-state index is 6.76. The lowest BCUT2D eigenvalue weighted by Gasteiger charge is -2.40. The minimum atomic E-state index is -0.735. The number of hydrogen-bond acceptors (Lipinski definition) is 1. The van der Waals surface area contributed by atoms with Gasteiger partial charge in [0.1, 0.15) is 0 Å². The molecule has 150 valence electrons. The van der Waals surface area contributed by atoms with Gasteiger partial charge in [0.2, 0.25) is 0 Å². The standard InChI is InChI=1S/C27H36O/c1-6-8-9-10-17-22-25(26(3,4)23-18-13-11-14-19-23)28-27(5,7-2)24-20-15-12-16-21-24/h2,11-16,18-21,25H,6,8-10,17,22H2,1,3-5H3. The largest absolute Gasteiger partial charge is 0.354 e. The van der Waals surface area contributed by atoms with Crippen molar-refractivity contribution in [3.05, 3.63) is 71.8 Å². The number of benzene rings is 2. The van der Waals surface area contributed by atoms with Crippen LogP contribution in [0.3, 0.4) is 0 Å². The fourth-order valence-corrected chi connectivity index (χ4v) is 3.78. The molecule has 0 spiro atoms. The number of ether oxygens (including phenoxy) is 1. The molecule has 2 aromatic rings. The van der Waals surface area contributed by atoms with E-state index in [1.807, 2.05) is 25.1 Å². The van der Waals surface area contributed by atoms with Crippen molar-refractivity contribution in [1.29, 1.82) is 0 Å². The molecule has 0 radical (unpaired) electrons. The summed E-state index contributed by atoms with van der Waals surface area (Å²) in [6, 6.07) is 20.9. The zero-order chi connectivity index (χ0) is 20.5. The van der Waals surface area contributed by atoms with Crippen LogP contribution in [0.15, 0.2) is 60.7 Å². The Labute approximate surface area is 172 Å². The first-order valence-corrected chi connectivity index (χ1v) is 10.7. The molecule has 0 aliphatic carbocycles. The van der Waals surface area contributed by atoms with Gasteiger partial charge < -0.3 is 4.74 Å². The van der Waals surface area contributed by atoms with Crippen molar-refractivity contribution < 1.29 is 4.74 Å². The van der Waals surface area contributed by atoms with Crippen LogP contribution in [0.2, 0.25) is 0 Å². The van der Waals surface area contributed by atoms with E-state index in [-0.39, 0.29) is 11.5 Å². The molecule has 2 rings (SSSR count). The van der Waals surface area contributed by atoms with Gasteiger partial charge in [-0.15, -0.1) is 6.42 Å². The zero-order valence-corrected chi connectivity index (χ0v) is 18.1. The second-order valence-electron chi connectivity index (χ2n) is 8.44. The molecule has 0 heterocycles. The van der Waals surface area contributed by atoms with Gasteiger partial charge in [-0.1, -0.05) is 119 Å². The first kappa shape index (κ1) is 22.3. The molecule has 0 saturated heterocycles. The van der Waals surface area contributed by atoms with Crippen LogP contribution in [0.4, 0.5) is 0 Å². The van der Waals surface area contributed by atoms with Crippen molar-refractivity contribution in [1.82, 2.24) is 0 Å². The highest BCUT2D eigenvalue weighted by atomic mass is 16.5. The minimum absolute atomic E-state index is 0.0396. The van der Waals surface area contributed by atoms with E-state index in [1.54, 1.807) is 0 Å². The van der Waals surface area contributed by atoms with Crippen molar-refractivity contribution in [3.63, 3.8) is 0 Å². The lowest BCUT2D eigenvalue weighted by Crippen LogP contribution is -2.41. The Balaban J connectivity index is 2.26. The molecule has 2 atom stereocenters. The lowest BCUT2D eigenvalue weighted by molar-refractivity contribution is -0.0852. The highest BCUT2D eigenvalue weighted by Crippen LogP contribution is 2.37. The molecule has 28 heavy (non-hydrogen) atoms. The molecule has 0 saturated carbocycles. The second kappa shape index (κ2) is 10.5. The van der Waals surface area contributed by atoms with Gasteiger partial charge >= 0.3 is 0 Å². The van der Waals surface area contributed by atoms with E-state index in [9.17, 15) is 0 Å². The molecular weight excluding hydrogens is 340 g/mol. The summed E-state index contributed by atoms with van der Waals surface area (Å²) in [4.78, 5) is 0. The second-order valence-corrected chi connectivity index (χ2v) is 8.44. The fraction of sp³-hybridized carbons (Fsp3) is 0.481. The maximum atomic E-state index is 6.76. The third-order valence-corrected chi connectivity index (χ3v) is 5.87. The zero-order valence-electron chi connectivity index (χ0n) is 18.1. The van der Waals surface area contributed by atoms with Crippen molar-refractivity contribution >= 4 is 0 Å². The monoisotopic (exact) mass is 376 g/mol. The quantitative estimate of drug-likeness (QED) is 0.296. The smallest absolute Gasteiger partial charge is 0.151 e. The van der Waals surface area contributed by atoms with Crippen LogP contribution in [0.5, 0.6) is 0 Å². The third kappa shape index (κ3) is 5.73. The maximum Gasteiger partial charge on any atom is 0.151 e. The van der Waals surface area contributed by atoms with Crippen LogP contribution in [0.1, 0.15) is 77.3 Å². The average molecular weight is 377 g/mol. The normalized spacial score (nSPS) is 14.8. The summed E-state index contributed by atoms with van der Waals surface area (Å²) in [6.45, 7) is 8.83. The van der Waals surface area contributed by atoms with Crippen LogP contribution in [-0.2, 0) is 15.8 Å². The molecule has 0 amide bonds. The van der Waals surface area contributed by atoms with E-state index in [1.165, 1.54) is 31.2 Å².